The van der Waals surface area contributed by atoms with Crippen molar-refractivity contribution in [1.82, 2.24) is 0 Å². The van der Waals surface area contributed by atoms with Gasteiger partial charge in [-0.1, -0.05) is 24.6 Å². The molecule has 0 bridgehead atoms. The lowest BCUT2D eigenvalue weighted by molar-refractivity contribution is 0.667. The molecule has 0 radical (unpaired) electrons. The van der Waals surface area contributed by atoms with E-state index in [1.165, 1.54) is 24.1 Å². The molecule has 2 heteroatoms. The molecule has 0 amide bonds. The maximum atomic E-state index is 5.94. The van der Waals surface area contributed by atoms with Crippen molar-refractivity contribution in [3.63, 3.8) is 0 Å². The normalized spacial score (nSPS) is 21.5. The van der Waals surface area contributed by atoms with Crippen LogP contribution in [0.4, 0.5) is 5.69 Å². The van der Waals surface area contributed by atoms with E-state index >= 15 is 0 Å². The summed E-state index contributed by atoms with van der Waals surface area (Å²) in [5.74, 6) is 0.655. The Morgan fingerprint density at radius 1 is 1.46 bits per heavy atom. The topological polar surface area (TPSA) is 12.0 Å². The maximum absolute atomic E-state index is 5.94. The summed E-state index contributed by atoms with van der Waals surface area (Å²) >= 11 is 5.94. The highest BCUT2D eigenvalue weighted by atomic mass is 35.5. The summed E-state index contributed by atoms with van der Waals surface area (Å²) in [6, 6.07) is 6.14. The van der Waals surface area contributed by atoms with Gasteiger partial charge in [0.1, 0.15) is 0 Å². The molecule has 0 aliphatic carbocycles. The van der Waals surface area contributed by atoms with Crippen LogP contribution in [0.3, 0.4) is 0 Å². The van der Waals surface area contributed by atoms with Crippen LogP contribution in [0, 0.1) is 0 Å². The van der Waals surface area contributed by atoms with Crippen LogP contribution < -0.4 is 5.32 Å². The molecule has 2 rings (SSSR count). The number of benzene rings is 1. The molecular weight excluding hydrogens is 182 g/mol. The van der Waals surface area contributed by atoms with E-state index in [0.29, 0.717) is 5.92 Å². The number of hydrogen-bond donors (Lipinski definition) is 1. The number of hydrogen-bond acceptors (Lipinski definition) is 1. The van der Waals surface area contributed by atoms with Gasteiger partial charge >= 0.3 is 0 Å². The third-order valence-corrected chi connectivity index (χ3v) is 2.91. The predicted molar refractivity (Wildman–Crippen MR) is 57.6 cm³/mol. The van der Waals surface area contributed by atoms with Gasteiger partial charge in [0.25, 0.3) is 0 Å². The molecule has 1 unspecified atom stereocenters. The van der Waals surface area contributed by atoms with Gasteiger partial charge in [0, 0.05) is 17.3 Å². The quantitative estimate of drug-likeness (QED) is 0.667. The zero-order valence-corrected chi connectivity index (χ0v) is 8.56. The number of anilines is 1. The fourth-order valence-corrected chi connectivity index (χ4v) is 2.07. The van der Waals surface area contributed by atoms with Crippen molar-refractivity contribution in [3.05, 3.63) is 28.8 Å². The van der Waals surface area contributed by atoms with Crippen molar-refractivity contribution in [2.45, 2.75) is 25.7 Å². The van der Waals surface area contributed by atoms with Crippen LogP contribution >= 0.6 is 11.6 Å². The number of fused-ring (bicyclic) bond motifs is 1. The molecule has 0 saturated carbocycles. The summed E-state index contributed by atoms with van der Waals surface area (Å²) in [6.07, 6.45) is 2.51. The van der Waals surface area contributed by atoms with E-state index < -0.39 is 0 Å². The first-order chi connectivity index (χ1) is 6.27. The van der Waals surface area contributed by atoms with Gasteiger partial charge in [-0.15, -0.1) is 0 Å². The molecule has 0 aromatic heterocycles. The van der Waals surface area contributed by atoms with Gasteiger partial charge in [-0.05, 0) is 36.5 Å². The minimum absolute atomic E-state index is 0.655. The van der Waals surface area contributed by atoms with Crippen LogP contribution in [0.15, 0.2) is 18.2 Å². The summed E-state index contributed by atoms with van der Waals surface area (Å²) in [4.78, 5) is 0. The number of rotatable bonds is 0. The molecule has 1 aliphatic rings. The van der Waals surface area contributed by atoms with Crippen LogP contribution in [-0.4, -0.2) is 6.54 Å². The van der Waals surface area contributed by atoms with Gasteiger partial charge in [-0.3, -0.25) is 0 Å². The SMILES string of the molecule is CC1CCCNc2cc(Cl)ccc21. The van der Waals surface area contributed by atoms with Crippen LogP contribution in [0.25, 0.3) is 0 Å². The second-order valence-electron chi connectivity index (χ2n) is 3.70. The molecule has 1 aromatic carbocycles. The van der Waals surface area contributed by atoms with E-state index in [9.17, 15) is 0 Å². The minimum Gasteiger partial charge on any atom is -0.385 e. The Morgan fingerprint density at radius 2 is 2.31 bits per heavy atom. The largest absolute Gasteiger partial charge is 0.385 e. The zero-order chi connectivity index (χ0) is 9.26. The van der Waals surface area contributed by atoms with E-state index in [0.717, 1.165) is 11.6 Å². The third kappa shape index (κ3) is 1.80. The predicted octanol–water partition coefficient (Wildman–Crippen LogP) is 3.65. The Bertz CT molecular complexity index is 309. The second kappa shape index (κ2) is 3.59. The van der Waals surface area contributed by atoms with Crippen molar-refractivity contribution in [2.75, 3.05) is 11.9 Å². The van der Waals surface area contributed by atoms with Gasteiger partial charge in [-0.2, -0.15) is 0 Å². The molecule has 70 valence electrons. The fraction of sp³-hybridized carbons (Fsp3) is 0.455. The first-order valence-electron chi connectivity index (χ1n) is 4.80. The smallest absolute Gasteiger partial charge is 0.0426 e. The van der Waals surface area contributed by atoms with Gasteiger partial charge in [0.2, 0.25) is 0 Å². The molecule has 13 heavy (non-hydrogen) atoms. The molecule has 1 N–H and O–H groups in total. The van der Waals surface area contributed by atoms with Crippen LogP contribution in [0.1, 0.15) is 31.2 Å². The standard InChI is InChI=1S/C11H14ClN/c1-8-3-2-6-13-11-7-9(12)4-5-10(8)11/h4-5,7-8,13H,2-3,6H2,1H3. The monoisotopic (exact) mass is 195 g/mol. The highest BCUT2D eigenvalue weighted by Gasteiger charge is 2.13. The number of nitrogens with one attached hydrogen (secondary N) is 1. The van der Waals surface area contributed by atoms with E-state index in [2.05, 4.69) is 18.3 Å². The van der Waals surface area contributed by atoms with Gasteiger partial charge in [-0.25, -0.2) is 0 Å². The summed E-state index contributed by atoms with van der Waals surface area (Å²) in [7, 11) is 0. The zero-order valence-electron chi connectivity index (χ0n) is 7.81. The molecule has 1 atom stereocenters. The highest BCUT2D eigenvalue weighted by Crippen LogP contribution is 2.32. The summed E-state index contributed by atoms with van der Waals surface area (Å²) < 4.78 is 0. The molecule has 0 fully saturated rings. The molecule has 1 heterocycles. The van der Waals surface area contributed by atoms with Gasteiger partial charge < -0.3 is 5.32 Å². The molecule has 0 saturated heterocycles. The average molecular weight is 196 g/mol. The first kappa shape index (κ1) is 8.89. The van der Waals surface area contributed by atoms with Crippen LogP contribution in [0.2, 0.25) is 5.02 Å². The van der Waals surface area contributed by atoms with Gasteiger partial charge in [0.15, 0.2) is 0 Å². The van der Waals surface area contributed by atoms with Crippen molar-refractivity contribution < 1.29 is 0 Å². The Kier molecular flexibility index (Phi) is 2.45. The third-order valence-electron chi connectivity index (χ3n) is 2.68. The molecular formula is C11H14ClN. The fourth-order valence-electron chi connectivity index (χ4n) is 1.90. The molecule has 1 aromatic rings. The van der Waals surface area contributed by atoms with E-state index in [4.69, 9.17) is 11.6 Å². The molecule has 0 spiro atoms. The van der Waals surface area contributed by atoms with Crippen molar-refractivity contribution in [1.29, 1.82) is 0 Å². The number of halogens is 1. The molecule has 1 nitrogen and oxygen atoms in total. The Hall–Kier alpha value is -0.690. The van der Waals surface area contributed by atoms with Crippen molar-refractivity contribution in [3.8, 4) is 0 Å². The lowest BCUT2D eigenvalue weighted by Gasteiger charge is -2.12. The summed E-state index contributed by atoms with van der Waals surface area (Å²) in [6.45, 7) is 3.34. The Labute approximate surface area is 84.1 Å². The average Bonchev–Trinajstić information content (AvgIpc) is 2.28. The van der Waals surface area contributed by atoms with E-state index in [1.54, 1.807) is 0 Å². The van der Waals surface area contributed by atoms with Crippen LogP contribution in [0.5, 0.6) is 0 Å². The Balaban J connectivity index is 2.42. The Morgan fingerprint density at radius 3 is 3.15 bits per heavy atom. The lowest BCUT2D eigenvalue weighted by atomic mass is 9.96. The summed E-state index contributed by atoms with van der Waals surface area (Å²) in [5.41, 5.74) is 2.62. The molecule has 1 aliphatic heterocycles. The van der Waals surface area contributed by atoms with Crippen LogP contribution in [-0.2, 0) is 0 Å². The van der Waals surface area contributed by atoms with E-state index in [-0.39, 0.29) is 0 Å². The maximum Gasteiger partial charge on any atom is 0.0426 e. The minimum atomic E-state index is 0.655. The van der Waals surface area contributed by atoms with Gasteiger partial charge in [0.05, 0.1) is 0 Å². The van der Waals surface area contributed by atoms with E-state index in [1.807, 2.05) is 12.1 Å². The highest BCUT2D eigenvalue weighted by molar-refractivity contribution is 6.30. The van der Waals surface area contributed by atoms with Crippen molar-refractivity contribution in [2.24, 2.45) is 0 Å². The summed E-state index contributed by atoms with van der Waals surface area (Å²) in [5, 5.41) is 4.23. The second-order valence-corrected chi connectivity index (χ2v) is 4.14. The first-order valence-corrected chi connectivity index (χ1v) is 5.18. The van der Waals surface area contributed by atoms with Crippen molar-refractivity contribution >= 4 is 17.3 Å². The lowest BCUT2D eigenvalue weighted by Crippen LogP contribution is -1.99.